The van der Waals surface area contributed by atoms with Crippen LogP contribution < -0.4 is 5.43 Å². The zero-order valence-corrected chi connectivity index (χ0v) is 6.53. The standard InChI is InChI=1S/C6H6BrNO/c1-4-2-8-3-5(7)6(4)9/h2-3H,1H3,(H,8,9). The van der Waals surface area contributed by atoms with E-state index in [2.05, 4.69) is 20.9 Å². The summed E-state index contributed by atoms with van der Waals surface area (Å²) in [5.41, 5.74) is 0.776. The van der Waals surface area contributed by atoms with Crippen molar-refractivity contribution in [2.45, 2.75) is 6.92 Å². The normalized spacial score (nSPS) is 9.56. The number of aryl methyl sites for hydroxylation is 1. The molecule has 1 rings (SSSR count). The summed E-state index contributed by atoms with van der Waals surface area (Å²) >= 11 is 3.10. The Morgan fingerprint density at radius 1 is 1.56 bits per heavy atom. The second-order valence-corrected chi connectivity index (χ2v) is 2.67. The van der Waals surface area contributed by atoms with Crippen LogP contribution in [-0.2, 0) is 0 Å². The van der Waals surface area contributed by atoms with Crippen LogP contribution in [0.3, 0.4) is 0 Å². The average Bonchev–Trinajstić information content (AvgIpc) is 1.83. The number of pyridine rings is 1. The Hall–Kier alpha value is -0.570. The molecule has 1 aromatic heterocycles. The fourth-order valence-corrected chi connectivity index (χ4v) is 1.00. The molecule has 0 unspecified atom stereocenters. The Bertz CT molecular complexity index is 243. The molecule has 0 bridgehead atoms. The van der Waals surface area contributed by atoms with Gasteiger partial charge in [-0.15, -0.1) is 0 Å². The Kier molecular flexibility index (Phi) is 1.71. The summed E-state index contributed by atoms with van der Waals surface area (Å²) in [7, 11) is 0. The van der Waals surface area contributed by atoms with Gasteiger partial charge in [-0.05, 0) is 22.9 Å². The van der Waals surface area contributed by atoms with Gasteiger partial charge in [-0.3, -0.25) is 4.79 Å². The molecule has 0 aromatic carbocycles. The molecule has 1 aromatic rings. The smallest absolute Gasteiger partial charge is 0.198 e. The third-order valence-electron chi connectivity index (χ3n) is 1.08. The van der Waals surface area contributed by atoms with Gasteiger partial charge in [0, 0.05) is 18.0 Å². The van der Waals surface area contributed by atoms with Crippen molar-refractivity contribution in [1.29, 1.82) is 0 Å². The molecule has 48 valence electrons. The van der Waals surface area contributed by atoms with Gasteiger partial charge in [0.1, 0.15) is 0 Å². The molecule has 9 heavy (non-hydrogen) atoms. The SMILES string of the molecule is Cc1c[nH]cc(Br)c1=O. The minimum atomic E-state index is 0.0498. The van der Waals surface area contributed by atoms with E-state index in [0.717, 1.165) is 5.56 Å². The maximum atomic E-state index is 10.9. The van der Waals surface area contributed by atoms with E-state index in [-0.39, 0.29) is 5.43 Å². The Morgan fingerprint density at radius 2 is 2.22 bits per heavy atom. The van der Waals surface area contributed by atoms with Crippen LogP contribution in [0.1, 0.15) is 5.56 Å². The number of nitrogens with one attached hydrogen (secondary N) is 1. The lowest BCUT2D eigenvalue weighted by Crippen LogP contribution is -2.04. The van der Waals surface area contributed by atoms with Crippen molar-refractivity contribution >= 4 is 15.9 Å². The predicted octanol–water partition coefficient (Wildman–Crippen LogP) is 1.45. The summed E-state index contributed by atoms with van der Waals surface area (Å²) in [4.78, 5) is 13.7. The zero-order chi connectivity index (χ0) is 6.85. The Balaban J connectivity index is 3.43. The highest BCUT2D eigenvalue weighted by Gasteiger charge is 1.94. The predicted molar refractivity (Wildman–Crippen MR) is 39.5 cm³/mol. The number of hydrogen-bond acceptors (Lipinski definition) is 1. The molecule has 0 saturated heterocycles. The largest absolute Gasteiger partial charge is 0.366 e. The number of halogens is 1. The van der Waals surface area contributed by atoms with E-state index in [1.807, 2.05) is 0 Å². The number of aromatic amines is 1. The molecule has 1 N–H and O–H groups in total. The summed E-state index contributed by atoms with van der Waals surface area (Å²) in [6.07, 6.45) is 3.29. The van der Waals surface area contributed by atoms with Crippen LogP contribution in [0.4, 0.5) is 0 Å². The van der Waals surface area contributed by atoms with Crippen LogP contribution in [0.2, 0.25) is 0 Å². The molecule has 0 aliphatic carbocycles. The summed E-state index contributed by atoms with van der Waals surface area (Å²) in [5.74, 6) is 0. The van der Waals surface area contributed by atoms with E-state index < -0.39 is 0 Å². The highest BCUT2D eigenvalue weighted by Crippen LogP contribution is 1.99. The van der Waals surface area contributed by atoms with Gasteiger partial charge in [0.15, 0.2) is 5.43 Å². The van der Waals surface area contributed by atoms with Gasteiger partial charge < -0.3 is 4.98 Å². The molecular formula is C6H6BrNO. The number of rotatable bonds is 0. The molecule has 0 amide bonds. The maximum absolute atomic E-state index is 10.9. The summed E-state index contributed by atoms with van der Waals surface area (Å²) in [6, 6.07) is 0. The third kappa shape index (κ3) is 1.21. The van der Waals surface area contributed by atoms with Crippen molar-refractivity contribution in [3.05, 3.63) is 32.7 Å². The van der Waals surface area contributed by atoms with Gasteiger partial charge in [-0.1, -0.05) is 0 Å². The lowest BCUT2D eigenvalue weighted by molar-refractivity contribution is 1.21. The second kappa shape index (κ2) is 2.35. The van der Waals surface area contributed by atoms with Gasteiger partial charge in [0.25, 0.3) is 0 Å². The molecular weight excluding hydrogens is 182 g/mol. The van der Waals surface area contributed by atoms with Crippen molar-refractivity contribution in [3.8, 4) is 0 Å². The van der Waals surface area contributed by atoms with Crippen molar-refractivity contribution in [3.63, 3.8) is 0 Å². The monoisotopic (exact) mass is 187 g/mol. The van der Waals surface area contributed by atoms with Crippen LogP contribution in [-0.4, -0.2) is 4.98 Å². The fourth-order valence-electron chi connectivity index (χ4n) is 0.559. The minimum Gasteiger partial charge on any atom is -0.366 e. The van der Waals surface area contributed by atoms with Crippen LogP contribution in [0.15, 0.2) is 21.7 Å². The zero-order valence-electron chi connectivity index (χ0n) is 4.94. The van der Waals surface area contributed by atoms with Crippen LogP contribution in [0.25, 0.3) is 0 Å². The first-order chi connectivity index (χ1) is 4.22. The van der Waals surface area contributed by atoms with E-state index in [0.29, 0.717) is 4.47 Å². The Labute approximate surface area is 61.0 Å². The first-order valence-corrected chi connectivity index (χ1v) is 3.34. The van der Waals surface area contributed by atoms with Gasteiger partial charge in [0.05, 0.1) is 4.47 Å². The molecule has 0 aliphatic rings. The lowest BCUT2D eigenvalue weighted by Gasteiger charge is -1.89. The lowest BCUT2D eigenvalue weighted by atomic mass is 10.3. The van der Waals surface area contributed by atoms with Crippen LogP contribution >= 0.6 is 15.9 Å². The van der Waals surface area contributed by atoms with Crippen molar-refractivity contribution in [1.82, 2.24) is 4.98 Å². The van der Waals surface area contributed by atoms with Gasteiger partial charge >= 0.3 is 0 Å². The topological polar surface area (TPSA) is 32.9 Å². The first-order valence-electron chi connectivity index (χ1n) is 2.55. The van der Waals surface area contributed by atoms with E-state index in [9.17, 15) is 4.79 Å². The van der Waals surface area contributed by atoms with Gasteiger partial charge in [0.2, 0.25) is 0 Å². The molecule has 0 saturated carbocycles. The van der Waals surface area contributed by atoms with Gasteiger partial charge in [-0.25, -0.2) is 0 Å². The summed E-state index contributed by atoms with van der Waals surface area (Å²) in [5, 5.41) is 0. The molecule has 0 fully saturated rings. The molecule has 3 heteroatoms. The molecule has 0 aliphatic heterocycles. The van der Waals surface area contributed by atoms with Crippen molar-refractivity contribution < 1.29 is 0 Å². The average molecular weight is 188 g/mol. The maximum Gasteiger partial charge on any atom is 0.198 e. The summed E-state index contributed by atoms with van der Waals surface area (Å²) in [6.45, 7) is 1.77. The molecule has 1 heterocycles. The van der Waals surface area contributed by atoms with E-state index in [1.54, 1.807) is 19.3 Å². The minimum absolute atomic E-state index is 0.0498. The van der Waals surface area contributed by atoms with Crippen molar-refractivity contribution in [2.24, 2.45) is 0 Å². The van der Waals surface area contributed by atoms with E-state index in [1.165, 1.54) is 0 Å². The van der Waals surface area contributed by atoms with Crippen molar-refractivity contribution in [2.75, 3.05) is 0 Å². The molecule has 2 nitrogen and oxygen atoms in total. The van der Waals surface area contributed by atoms with E-state index in [4.69, 9.17) is 0 Å². The van der Waals surface area contributed by atoms with Crippen LogP contribution in [0, 0.1) is 6.92 Å². The van der Waals surface area contributed by atoms with Crippen LogP contribution in [0.5, 0.6) is 0 Å². The number of H-pyrrole nitrogens is 1. The summed E-state index contributed by atoms with van der Waals surface area (Å²) < 4.78 is 0.586. The first kappa shape index (κ1) is 6.55. The molecule has 0 radical (unpaired) electrons. The fraction of sp³-hybridized carbons (Fsp3) is 0.167. The third-order valence-corrected chi connectivity index (χ3v) is 1.67. The molecule has 0 spiro atoms. The number of hydrogen-bond donors (Lipinski definition) is 1. The van der Waals surface area contributed by atoms with E-state index >= 15 is 0 Å². The second-order valence-electron chi connectivity index (χ2n) is 1.82. The molecule has 0 atom stereocenters. The highest BCUT2D eigenvalue weighted by molar-refractivity contribution is 9.10. The Morgan fingerprint density at radius 3 is 2.67 bits per heavy atom. The quantitative estimate of drug-likeness (QED) is 0.656. The highest BCUT2D eigenvalue weighted by atomic mass is 79.9. The van der Waals surface area contributed by atoms with Gasteiger partial charge in [-0.2, -0.15) is 0 Å². The number of aromatic nitrogens is 1.